The Hall–Kier alpha value is -3.20. The smallest absolute Gasteiger partial charge is 0.261 e. The molecule has 3 N–H and O–H groups in total. The third-order valence-electron chi connectivity index (χ3n) is 4.55. The highest BCUT2D eigenvalue weighted by Crippen LogP contribution is 2.23. The van der Waals surface area contributed by atoms with Gasteiger partial charge in [0, 0.05) is 31.2 Å². The van der Waals surface area contributed by atoms with Crippen molar-refractivity contribution in [1.82, 2.24) is 19.9 Å². The minimum absolute atomic E-state index is 0.0992. The van der Waals surface area contributed by atoms with Crippen molar-refractivity contribution >= 4 is 39.1 Å². The van der Waals surface area contributed by atoms with E-state index in [0.29, 0.717) is 16.8 Å². The first-order valence-corrected chi connectivity index (χ1v) is 9.73. The van der Waals surface area contributed by atoms with Gasteiger partial charge in [-0.3, -0.25) is 20.6 Å². The van der Waals surface area contributed by atoms with Crippen LogP contribution in [0, 0.1) is 10.8 Å². The topological polar surface area (TPSA) is 110 Å². The van der Waals surface area contributed by atoms with E-state index >= 15 is 0 Å². The van der Waals surface area contributed by atoms with E-state index in [-0.39, 0.29) is 10.2 Å². The second kappa shape index (κ2) is 7.81. The summed E-state index contributed by atoms with van der Waals surface area (Å²) in [6.45, 7) is 2.03. The zero-order chi connectivity index (χ0) is 19.5. The fourth-order valence-corrected chi connectivity index (χ4v) is 3.74. The van der Waals surface area contributed by atoms with Crippen LogP contribution in [0.1, 0.15) is 28.9 Å². The number of fused-ring (bicyclic) bond motifs is 1. The first kappa shape index (κ1) is 18.2. The minimum Gasteiger partial charge on any atom is -0.371 e. The molecule has 1 amide bonds. The second-order valence-corrected chi connectivity index (χ2v) is 7.42. The van der Waals surface area contributed by atoms with E-state index in [9.17, 15) is 4.79 Å². The lowest BCUT2D eigenvalue weighted by atomic mass is 10.2. The normalized spacial score (nSPS) is 13.6. The number of nitrogens with zero attached hydrogens (tertiary/aromatic N) is 4. The van der Waals surface area contributed by atoms with Gasteiger partial charge in [0.25, 0.3) is 5.91 Å². The molecule has 0 saturated carbocycles. The molecule has 0 radical (unpaired) electrons. The SMILES string of the molecule is N=C(NC(=O)c1cnn2ccc(N3CCCC3)cc12)SC(=N)c1ccccn1. The number of amides is 1. The highest BCUT2D eigenvalue weighted by atomic mass is 32.2. The lowest BCUT2D eigenvalue weighted by Crippen LogP contribution is -2.28. The zero-order valence-electron chi connectivity index (χ0n) is 15.1. The van der Waals surface area contributed by atoms with Gasteiger partial charge in [-0.05, 0) is 48.9 Å². The number of thioether (sulfide) groups is 1. The lowest BCUT2D eigenvalue weighted by Gasteiger charge is -2.17. The van der Waals surface area contributed by atoms with E-state index in [0.717, 1.165) is 30.5 Å². The van der Waals surface area contributed by atoms with Crippen LogP contribution in [0.5, 0.6) is 0 Å². The van der Waals surface area contributed by atoms with E-state index in [1.54, 1.807) is 28.9 Å². The first-order valence-electron chi connectivity index (χ1n) is 8.92. The Morgan fingerprint density at radius 1 is 1.18 bits per heavy atom. The Morgan fingerprint density at radius 3 is 2.75 bits per heavy atom. The van der Waals surface area contributed by atoms with Crippen LogP contribution in [0.2, 0.25) is 0 Å². The van der Waals surface area contributed by atoms with E-state index in [1.807, 2.05) is 18.3 Å². The molecule has 3 aromatic heterocycles. The van der Waals surface area contributed by atoms with Crippen molar-refractivity contribution in [3.8, 4) is 0 Å². The van der Waals surface area contributed by atoms with E-state index in [1.165, 1.54) is 19.0 Å². The molecule has 1 aliphatic heterocycles. The van der Waals surface area contributed by atoms with Crippen LogP contribution >= 0.6 is 11.8 Å². The molecule has 1 aliphatic rings. The molecule has 8 nitrogen and oxygen atoms in total. The van der Waals surface area contributed by atoms with Gasteiger partial charge in [-0.2, -0.15) is 5.10 Å². The van der Waals surface area contributed by atoms with Gasteiger partial charge in [0.1, 0.15) is 5.04 Å². The van der Waals surface area contributed by atoms with Crippen LogP contribution in [0.3, 0.4) is 0 Å². The molecule has 1 saturated heterocycles. The van der Waals surface area contributed by atoms with Gasteiger partial charge in [-0.1, -0.05) is 6.07 Å². The van der Waals surface area contributed by atoms with E-state index < -0.39 is 5.91 Å². The average Bonchev–Trinajstić information content (AvgIpc) is 3.38. The number of carbonyl (C=O) groups excluding carboxylic acids is 1. The van der Waals surface area contributed by atoms with Gasteiger partial charge in [0.15, 0.2) is 5.17 Å². The summed E-state index contributed by atoms with van der Waals surface area (Å²) in [5.41, 5.74) is 2.62. The van der Waals surface area contributed by atoms with E-state index in [2.05, 4.69) is 20.3 Å². The monoisotopic (exact) mass is 393 g/mol. The van der Waals surface area contributed by atoms with Crippen molar-refractivity contribution in [2.75, 3.05) is 18.0 Å². The van der Waals surface area contributed by atoms with Crippen molar-refractivity contribution in [2.45, 2.75) is 12.8 Å². The number of aromatic nitrogens is 3. The molecule has 4 rings (SSSR count). The van der Waals surface area contributed by atoms with Crippen molar-refractivity contribution in [3.05, 3.63) is 60.2 Å². The first-order chi connectivity index (χ1) is 13.6. The fraction of sp³-hybridized carbons (Fsp3) is 0.211. The lowest BCUT2D eigenvalue weighted by molar-refractivity contribution is 0.0979. The second-order valence-electron chi connectivity index (χ2n) is 6.40. The largest absolute Gasteiger partial charge is 0.371 e. The van der Waals surface area contributed by atoms with Gasteiger partial charge in [-0.15, -0.1) is 0 Å². The molecule has 0 aliphatic carbocycles. The van der Waals surface area contributed by atoms with Gasteiger partial charge in [0.2, 0.25) is 0 Å². The van der Waals surface area contributed by atoms with Gasteiger partial charge in [0.05, 0.1) is 23.0 Å². The zero-order valence-corrected chi connectivity index (χ0v) is 15.9. The van der Waals surface area contributed by atoms with Crippen LogP contribution in [0.15, 0.2) is 48.9 Å². The standard InChI is InChI=1S/C19H19N7OS/c20-17(15-5-1-2-7-22-15)28-19(21)24-18(27)14-12-23-26-10-6-13(11-16(14)26)25-8-3-4-9-25/h1-2,5-7,10-12,20H,3-4,8-9H2,(H2,21,24,27). The summed E-state index contributed by atoms with van der Waals surface area (Å²) < 4.78 is 1.65. The Labute approximate surface area is 166 Å². The maximum Gasteiger partial charge on any atom is 0.261 e. The molecule has 3 aromatic rings. The molecule has 0 unspecified atom stereocenters. The maximum atomic E-state index is 12.7. The highest BCUT2D eigenvalue weighted by Gasteiger charge is 2.18. The predicted molar refractivity (Wildman–Crippen MR) is 110 cm³/mol. The molecular formula is C19H19N7OS. The molecule has 0 atom stereocenters. The molecule has 0 aromatic carbocycles. The van der Waals surface area contributed by atoms with Crippen LogP contribution in [-0.2, 0) is 0 Å². The highest BCUT2D eigenvalue weighted by molar-refractivity contribution is 8.26. The van der Waals surface area contributed by atoms with Crippen molar-refractivity contribution in [2.24, 2.45) is 0 Å². The number of hydrogen-bond donors (Lipinski definition) is 3. The summed E-state index contributed by atoms with van der Waals surface area (Å²) in [7, 11) is 0. The molecule has 0 spiro atoms. The van der Waals surface area contributed by atoms with Gasteiger partial charge in [-0.25, -0.2) is 4.52 Å². The number of nitrogens with one attached hydrogen (secondary N) is 3. The fourth-order valence-electron chi connectivity index (χ4n) is 3.16. The van der Waals surface area contributed by atoms with Gasteiger partial charge < -0.3 is 10.2 Å². The van der Waals surface area contributed by atoms with Crippen LogP contribution in [-0.4, -0.2) is 43.8 Å². The van der Waals surface area contributed by atoms with Crippen LogP contribution in [0.25, 0.3) is 5.52 Å². The third-order valence-corrected chi connectivity index (χ3v) is 5.27. The Kier molecular flexibility index (Phi) is 5.07. The summed E-state index contributed by atoms with van der Waals surface area (Å²) in [6, 6.07) is 9.18. The molecule has 142 valence electrons. The number of carbonyl (C=O) groups is 1. The number of hydrogen-bond acceptors (Lipinski definition) is 7. The number of anilines is 1. The van der Waals surface area contributed by atoms with Crippen LogP contribution in [0.4, 0.5) is 5.69 Å². The Morgan fingerprint density at radius 2 is 2.00 bits per heavy atom. The number of rotatable bonds is 3. The number of amidine groups is 1. The quantitative estimate of drug-likeness (QED) is 0.468. The summed E-state index contributed by atoms with van der Waals surface area (Å²) in [6.07, 6.45) is 7.28. The predicted octanol–water partition coefficient (Wildman–Crippen LogP) is 2.75. The molecular weight excluding hydrogens is 374 g/mol. The summed E-state index contributed by atoms with van der Waals surface area (Å²) in [5, 5.41) is 22.8. The molecule has 28 heavy (non-hydrogen) atoms. The van der Waals surface area contributed by atoms with Crippen molar-refractivity contribution in [1.29, 1.82) is 10.8 Å². The van der Waals surface area contributed by atoms with E-state index in [4.69, 9.17) is 10.8 Å². The molecule has 9 heteroatoms. The molecule has 0 bridgehead atoms. The average molecular weight is 393 g/mol. The van der Waals surface area contributed by atoms with Crippen LogP contribution < -0.4 is 10.2 Å². The maximum absolute atomic E-state index is 12.7. The summed E-state index contributed by atoms with van der Waals surface area (Å²) in [4.78, 5) is 19.0. The molecule has 1 fully saturated rings. The number of pyridine rings is 2. The van der Waals surface area contributed by atoms with Gasteiger partial charge >= 0.3 is 0 Å². The summed E-state index contributed by atoms with van der Waals surface area (Å²) in [5.74, 6) is -0.417. The van der Waals surface area contributed by atoms with Crippen molar-refractivity contribution in [3.63, 3.8) is 0 Å². The minimum atomic E-state index is -0.417. The Bertz CT molecular complexity index is 1040. The van der Waals surface area contributed by atoms with Crippen molar-refractivity contribution < 1.29 is 4.79 Å². The summed E-state index contributed by atoms with van der Waals surface area (Å²) >= 11 is 0.844. The Balaban J connectivity index is 1.48. The third kappa shape index (κ3) is 3.74. The molecule has 4 heterocycles.